The van der Waals surface area contributed by atoms with Gasteiger partial charge in [-0.3, -0.25) is 4.79 Å². The van der Waals surface area contributed by atoms with E-state index in [9.17, 15) is 14.3 Å². The lowest BCUT2D eigenvalue weighted by Crippen LogP contribution is -2.32. The zero-order valence-electron chi connectivity index (χ0n) is 10.5. The number of hydrogen-bond acceptors (Lipinski definition) is 2. The number of nitrogens with one attached hydrogen (secondary N) is 1. The molecule has 0 heterocycles. The Hall–Kier alpha value is -1.29. The van der Waals surface area contributed by atoms with Gasteiger partial charge in [-0.05, 0) is 43.4 Å². The highest BCUT2D eigenvalue weighted by atomic mass is 35.5. The first-order valence-electron chi connectivity index (χ1n) is 6.47. The van der Waals surface area contributed by atoms with E-state index in [0.29, 0.717) is 12.5 Å². The van der Waals surface area contributed by atoms with Crippen LogP contribution in [0, 0.1) is 11.7 Å². The van der Waals surface area contributed by atoms with Crippen molar-refractivity contribution in [3.05, 3.63) is 29.6 Å². The molecule has 1 aliphatic rings. The molecule has 3 nitrogen and oxygen atoms in total. The second-order valence-electron chi connectivity index (χ2n) is 5.00. The van der Waals surface area contributed by atoms with Crippen LogP contribution in [-0.4, -0.2) is 22.9 Å². The van der Waals surface area contributed by atoms with Crippen LogP contribution in [0.3, 0.4) is 0 Å². The average Bonchev–Trinajstić information content (AvgIpc) is 2.39. The van der Waals surface area contributed by atoms with E-state index in [4.69, 9.17) is 11.6 Å². The Morgan fingerprint density at radius 2 is 2.26 bits per heavy atom. The molecule has 2 N–H and O–H groups in total. The van der Waals surface area contributed by atoms with Gasteiger partial charge in [0, 0.05) is 11.9 Å². The van der Waals surface area contributed by atoms with Gasteiger partial charge in [0.2, 0.25) is 0 Å². The van der Waals surface area contributed by atoms with Gasteiger partial charge in [0.05, 0.1) is 5.56 Å². The van der Waals surface area contributed by atoms with Crippen molar-refractivity contribution in [2.24, 2.45) is 5.92 Å². The Morgan fingerprint density at radius 3 is 3.00 bits per heavy atom. The van der Waals surface area contributed by atoms with Gasteiger partial charge in [0.1, 0.15) is 11.6 Å². The molecule has 104 valence electrons. The minimum absolute atomic E-state index is 0.0294. The van der Waals surface area contributed by atoms with E-state index in [1.54, 1.807) is 0 Å². The lowest BCUT2D eigenvalue weighted by atomic mass is 9.89. The highest BCUT2D eigenvalue weighted by Gasteiger charge is 2.21. The molecule has 2 rings (SSSR count). The summed E-state index contributed by atoms with van der Waals surface area (Å²) in [4.78, 5) is 11.9. The summed E-state index contributed by atoms with van der Waals surface area (Å²) in [6, 6.07) is 3.33. The second kappa shape index (κ2) is 6.24. The van der Waals surface area contributed by atoms with Crippen molar-refractivity contribution < 1.29 is 14.3 Å². The maximum Gasteiger partial charge on any atom is 0.255 e. The summed E-state index contributed by atoms with van der Waals surface area (Å²) in [5.74, 6) is -0.844. The van der Waals surface area contributed by atoms with Crippen molar-refractivity contribution in [3.8, 4) is 5.75 Å². The maximum absolute atomic E-state index is 13.0. The van der Waals surface area contributed by atoms with Gasteiger partial charge in [-0.2, -0.15) is 0 Å². The SMILES string of the molecule is O=C(NCC1CCCC(Cl)C1)c1cc(F)ccc1O. The number of amides is 1. The lowest BCUT2D eigenvalue weighted by molar-refractivity contribution is 0.0940. The molecule has 5 heteroatoms. The number of benzene rings is 1. The molecule has 1 saturated carbocycles. The molecule has 1 fully saturated rings. The predicted molar refractivity (Wildman–Crippen MR) is 72.0 cm³/mol. The second-order valence-corrected chi connectivity index (χ2v) is 5.62. The van der Waals surface area contributed by atoms with Crippen LogP contribution in [0.4, 0.5) is 4.39 Å². The topological polar surface area (TPSA) is 49.3 Å². The molecule has 0 radical (unpaired) electrons. The zero-order valence-corrected chi connectivity index (χ0v) is 11.3. The molecule has 2 atom stereocenters. The Kier molecular flexibility index (Phi) is 4.64. The molecule has 1 amide bonds. The zero-order chi connectivity index (χ0) is 13.8. The van der Waals surface area contributed by atoms with Crippen LogP contribution in [0.2, 0.25) is 0 Å². The molecule has 1 aromatic rings. The van der Waals surface area contributed by atoms with E-state index in [0.717, 1.165) is 37.8 Å². The average molecular weight is 286 g/mol. The Balaban J connectivity index is 1.92. The number of hydrogen-bond donors (Lipinski definition) is 2. The van der Waals surface area contributed by atoms with Gasteiger partial charge >= 0.3 is 0 Å². The van der Waals surface area contributed by atoms with Gasteiger partial charge in [-0.1, -0.05) is 6.42 Å². The summed E-state index contributed by atoms with van der Waals surface area (Å²) >= 11 is 6.09. The van der Waals surface area contributed by atoms with Crippen LogP contribution in [-0.2, 0) is 0 Å². The smallest absolute Gasteiger partial charge is 0.255 e. The van der Waals surface area contributed by atoms with Crippen LogP contribution in [0.1, 0.15) is 36.0 Å². The first-order valence-corrected chi connectivity index (χ1v) is 6.90. The third kappa shape index (κ3) is 3.83. The molecule has 0 aliphatic heterocycles. The molecule has 0 aromatic heterocycles. The largest absolute Gasteiger partial charge is 0.507 e. The standard InChI is InChI=1S/C14H17ClFNO2/c15-10-3-1-2-9(6-10)8-17-14(19)12-7-11(16)4-5-13(12)18/h4-5,7,9-10,18H,1-3,6,8H2,(H,17,19). The maximum atomic E-state index is 13.0. The third-order valence-corrected chi connectivity index (χ3v) is 3.87. The lowest BCUT2D eigenvalue weighted by Gasteiger charge is -2.25. The number of carbonyl (C=O) groups is 1. The number of carbonyl (C=O) groups excluding carboxylic acids is 1. The van der Waals surface area contributed by atoms with Crippen LogP contribution in [0.5, 0.6) is 5.75 Å². The van der Waals surface area contributed by atoms with Crippen LogP contribution >= 0.6 is 11.6 Å². The fraction of sp³-hybridized carbons (Fsp3) is 0.500. The van der Waals surface area contributed by atoms with Crippen LogP contribution in [0.15, 0.2) is 18.2 Å². The number of phenols is 1. The first-order chi connectivity index (χ1) is 9.06. The summed E-state index contributed by atoms with van der Waals surface area (Å²) in [7, 11) is 0. The van der Waals surface area contributed by atoms with Crippen molar-refractivity contribution in [1.82, 2.24) is 5.32 Å². The van der Waals surface area contributed by atoms with Gasteiger partial charge in [-0.15, -0.1) is 11.6 Å². The molecule has 1 aromatic carbocycles. The number of aromatic hydroxyl groups is 1. The van der Waals surface area contributed by atoms with E-state index < -0.39 is 11.7 Å². The van der Waals surface area contributed by atoms with Gasteiger partial charge < -0.3 is 10.4 Å². The summed E-state index contributed by atoms with van der Waals surface area (Å²) in [5, 5.41) is 12.4. The Morgan fingerprint density at radius 1 is 1.47 bits per heavy atom. The van der Waals surface area contributed by atoms with E-state index >= 15 is 0 Å². The van der Waals surface area contributed by atoms with E-state index in [1.165, 1.54) is 6.07 Å². The van der Waals surface area contributed by atoms with Crippen molar-refractivity contribution in [1.29, 1.82) is 0 Å². The minimum atomic E-state index is -0.540. The summed E-state index contributed by atoms with van der Waals surface area (Å²) in [6.07, 6.45) is 4.02. The van der Waals surface area contributed by atoms with Crippen LogP contribution < -0.4 is 5.32 Å². The highest BCUT2D eigenvalue weighted by Crippen LogP contribution is 2.27. The first kappa shape index (κ1) is 14.1. The van der Waals surface area contributed by atoms with Crippen LogP contribution in [0.25, 0.3) is 0 Å². The molecule has 1 aliphatic carbocycles. The van der Waals surface area contributed by atoms with Gasteiger partial charge in [0.15, 0.2) is 0 Å². The number of halogens is 2. The Labute approximate surface area is 116 Å². The number of alkyl halides is 1. The molecule has 19 heavy (non-hydrogen) atoms. The normalized spacial score (nSPS) is 23.1. The minimum Gasteiger partial charge on any atom is -0.507 e. The predicted octanol–water partition coefficient (Wildman–Crippen LogP) is 3.06. The van der Waals surface area contributed by atoms with Gasteiger partial charge in [0.25, 0.3) is 5.91 Å². The van der Waals surface area contributed by atoms with E-state index in [1.807, 2.05) is 0 Å². The fourth-order valence-electron chi connectivity index (χ4n) is 2.43. The number of rotatable bonds is 3. The molecule has 0 bridgehead atoms. The molecule has 0 saturated heterocycles. The summed E-state index contributed by atoms with van der Waals surface area (Å²) in [5.41, 5.74) is -0.0294. The quantitative estimate of drug-likeness (QED) is 0.839. The highest BCUT2D eigenvalue weighted by molar-refractivity contribution is 6.20. The van der Waals surface area contributed by atoms with Crippen molar-refractivity contribution in [3.63, 3.8) is 0 Å². The fourth-order valence-corrected chi connectivity index (χ4v) is 2.84. The summed E-state index contributed by atoms with van der Waals surface area (Å²) < 4.78 is 13.0. The van der Waals surface area contributed by atoms with E-state index in [2.05, 4.69) is 5.32 Å². The van der Waals surface area contributed by atoms with E-state index in [-0.39, 0.29) is 16.7 Å². The van der Waals surface area contributed by atoms with Gasteiger partial charge in [-0.25, -0.2) is 4.39 Å². The van der Waals surface area contributed by atoms with Crippen molar-refractivity contribution in [2.75, 3.05) is 6.54 Å². The van der Waals surface area contributed by atoms with Crippen molar-refractivity contribution in [2.45, 2.75) is 31.1 Å². The monoisotopic (exact) mass is 285 g/mol. The molecule has 2 unspecified atom stereocenters. The molecular formula is C14H17ClFNO2. The molecular weight excluding hydrogens is 269 g/mol. The summed E-state index contributed by atoms with van der Waals surface area (Å²) in [6.45, 7) is 0.512. The number of phenolic OH excluding ortho intramolecular Hbond substituents is 1. The molecule has 0 spiro atoms. The third-order valence-electron chi connectivity index (χ3n) is 3.47. The van der Waals surface area contributed by atoms with Crippen molar-refractivity contribution >= 4 is 17.5 Å². The Bertz CT molecular complexity index is 467.